The first-order chi connectivity index (χ1) is 40.0. The Morgan fingerprint density at radius 3 is 1.68 bits per heavy atom. The first-order valence-corrected chi connectivity index (χ1v) is 27.2. The summed E-state index contributed by atoms with van der Waals surface area (Å²) in [5, 5.41) is 7.43. The standard InChI is InChI=1S/C74H52N6O/c1-5-9-23-47(8-4)72-56-29-16-18-31-62(56)77-74(78-72)80-65-32-19-17-28-55(65)58-42-50(36-40-68(58)80)51-34-38-66-59(43-51)60-44-52(35-39-67(60)79(66)54(21-6-2)22-7-3)53-37-41-69-61(45-53)71-57(30-20-33-70(71)81-69)73-75-63(48-24-12-10-13-25-48)46-64(76-73)49-26-14-11-15-27-49/h5-46H,2,4H2,1,3H3/b9-5-,22-7-,47-23+,54-21+. The minimum atomic E-state index is 0.603. The number of allylic oxidation sites excluding steroid dienone is 10. The van der Waals surface area contributed by atoms with Gasteiger partial charge in [0.25, 0.3) is 0 Å². The van der Waals surface area contributed by atoms with Crippen molar-refractivity contribution in [1.29, 1.82) is 0 Å². The van der Waals surface area contributed by atoms with Gasteiger partial charge in [-0.2, -0.15) is 0 Å². The Morgan fingerprint density at radius 1 is 0.457 bits per heavy atom. The number of benzene rings is 9. The van der Waals surface area contributed by atoms with Gasteiger partial charge in [0.2, 0.25) is 5.95 Å². The molecule has 0 aliphatic heterocycles. The van der Waals surface area contributed by atoms with Crippen LogP contribution in [-0.4, -0.2) is 29.1 Å². The molecule has 5 heterocycles. The molecule has 0 fully saturated rings. The van der Waals surface area contributed by atoms with Gasteiger partial charge in [-0.05, 0) is 121 Å². The smallest absolute Gasteiger partial charge is 0.235 e. The summed E-state index contributed by atoms with van der Waals surface area (Å²) >= 11 is 0. The maximum Gasteiger partial charge on any atom is 0.235 e. The topological polar surface area (TPSA) is 74.6 Å². The van der Waals surface area contributed by atoms with Crippen molar-refractivity contribution in [3.8, 4) is 62.1 Å². The van der Waals surface area contributed by atoms with Crippen molar-refractivity contribution in [3.05, 3.63) is 274 Å². The number of furan rings is 1. The summed E-state index contributed by atoms with van der Waals surface area (Å²) < 4.78 is 11.1. The Morgan fingerprint density at radius 2 is 1.04 bits per heavy atom. The first kappa shape index (κ1) is 48.6. The second-order valence-electron chi connectivity index (χ2n) is 20.1. The molecular formula is C74H52N6O. The van der Waals surface area contributed by atoms with Crippen LogP contribution in [0.5, 0.6) is 0 Å². The van der Waals surface area contributed by atoms with Crippen molar-refractivity contribution in [2.45, 2.75) is 13.8 Å². The van der Waals surface area contributed by atoms with Crippen LogP contribution >= 0.6 is 0 Å². The number of fused-ring (bicyclic) bond motifs is 10. The molecule has 0 N–H and O–H groups in total. The molecule has 7 nitrogen and oxygen atoms in total. The molecule has 0 saturated carbocycles. The van der Waals surface area contributed by atoms with Crippen LogP contribution in [0.4, 0.5) is 0 Å². The molecule has 0 atom stereocenters. The molecule has 0 bridgehead atoms. The maximum atomic E-state index is 6.62. The van der Waals surface area contributed by atoms with Crippen LogP contribution in [0.2, 0.25) is 0 Å². The molecule has 0 aliphatic carbocycles. The average molecular weight is 1040 g/mol. The molecule has 7 heteroatoms. The number of para-hydroxylation sites is 2. The summed E-state index contributed by atoms with van der Waals surface area (Å²) in [5.41, 5.74) is 18.5. The molecule has 0 unspecified atom stereocenters. The van der Waals surface area contributed by atoms with Gasteiger partial charge in [0.05, 0.1) is 44.7 Å². The van der Waals surface area contributed by atoms with Gasteiger partial charge in [0.15, 0.2) is 5.82 Å². The average Bonchev–Trinajstić information content (AvgIpc) is 4.36. The quantitative estimate of drug-likeness (QED) is 0.114. The highest BCUT2D eigenvalue weighted by Gasteiger charge is 2.22. The fourth-order valence-corrected chi connectivity index (χ4v) is 11.6. The number of hydrogen-bond acceptors (Lipinski definition) is 5. The summed E-state index contributed by atoms with van der Waals surface area (Å²) in [6.07, 6.45) is 16.1. The largest absolute Gasteiger partial charge is 0.456 e. The minimum Gasteiger partial charge on any atom is -0.456 e. The van der Waals surface area contributed by atoms with Crippen molar-refractivity contribution in [1.82, 2.24) is 29.1 Å². The third kappa shape index (κ3) is 8.38. The molecule has 0 aliphatic rings. The second kappa shape index (κ2) is 20.2. The van der Waals surface area contributed by atoms with Crippen molar-refractivity contribution in [2.24, 2.45) is 0 Å². The van der Waals surface area contributed by atoms with E-state index in [1.54, 1.807) is 0 Å². The van der Waals surface area contributed by atoms with E-state index in [9.17, 15) is 0 Å². The lowest BCUT2D eigenvalue weighted by Crippen LogP contribution is -2.04. The lowest BCUT2D eigenvalue weighted by molar-refractivity contribution is 0.669. The highest BCUT2D eigenvalue weighted by Crippen LogP contribution is 2.43. The van der Waals surface area contributed by atoms with E-state index in [0.717, 1.165) is 144 Å². The zero-order valence-corrected chi connectivity index (χ0v) is 44.8. The number of aromatic nitrogens is 6. The molecule has 9 aromatic carbocycles. The van der Waals surface area contributed by atoms with E-state index in [1.807, 2.05) is 91.9 Å². The van der Waals surface area contributed by atoms with E-state index >= 15 is 0 Å². The fraction of sp³-hybridized carbons (Fsp3) is 0.0270. The number of hydrogen-bond donors (Lipinski definition) is 0. The Hall–Kier alpha value is -10.8. The van der Waals surface area contributed by atoms with Gasteiger partial charge in [0.1, 0.15) is 11.2 Å². The third-order valence-corrected chi connectivity index (χ3v) is 15.3. The van der Waals surface area contributed by atoms with Gasteiger partial charge in [-0.15, -0.1) is 0 Å². The van der Waals surface area contributed by atoms with Crippen molar-refractivity contribution in [2.75, 3.05) is 0 Å². The lowest BCUT2D eigenvalue weighted by atomic mass is 9.98. The van der Waals surface area contributed by atoms with Gasteiger partial charge >= 0.3 is 0 Å². The van der Waals surface area contributed by atoms with E-state index in [0.29, 0.717) is 11.8 Å². The SMILES string of the molecule is C=C/C=C(\C=C/C)n1c2ccc(-c3ccc4oc5cccc(-c6nc(-c7ccccc7)cc(-c7ccccc7)n6)c5c4c3)cc2c2cc(-c3ccc4c(c3)c3ccccc3n4-c3nc(/C(C=C)=C/C=C\C)c4ccccc4n3)ccc21. The Bertz CT molecular complexity index is 4930. The summed E-state index contributed by atoms with van der Waals surface area (Å²) in [7, 11) is 0. The predicted octanol–water partition coefficient (Wildman–Crippen LogP) is 19.6. The Labute approximate surface area is 468 Å². The van der Waals surface area contributed by atoms with Crippen LogP contribution in [0.1, 0.15) is 19.5 Å². The van der Waals surface area contributed by atoms with Crippen LogP contribution in [0, 0.1) is 0 Å². The molecule has 0 spiro atoms. The lowest BCUT2D eigenvalue weighted by Gasteiger charge is -2.12. The normalized spacial score (nSPS) is 12.5. The number of nitrogens with zero attached hydrogens (tertiary/aromatic N) is 6. The molecule has 0 saturated heterocycles. The van der Waals surface area contributed by atoms with Crippen LogP contribution in [-0.2, 0) is 0 Å². The summed E-state index contributed by atoms with van der Waals surface area (Å²) in [5.74, 6) is 1.24. The summed E-state index contributed by atoms with van der Waals surface area (Å²) in [6.45, 7) is 12.3. The van der Waals surface area contributed by atoms with Gasteiger partial charge in [-0.3, -0.25) is 4.57 Å². The monoisotopic (exact) mass is 1040 g/mol. The predicted molar refractivity (Wildman–Crippen MR) is 339 cm³/mol. The van der Waals surface area contributed by atoms with Crippen LogP contribution in [0.15, 0.2) is 272 Å². The van der Waals surface area contributed by atoms with E-state index < -0.39 is 0 Å². The van der Waals surface area contributed by atoms with Gasteiger partial charge in [0, 0.05) is 65.7 Å². The Balaban J connectivity index is 0.920. The second-order valence-corrected chi connectivity index (χ2v) is 20.1. The van der Waals surface area contributed by atoms with E-state index in [1.165, 1.54) is 0 Å². The van der Waals surface area contributed by atoms with Crippen molar-refractivity contribution >= 4 is 87.7 Å². The summed E-state index contributed by atoms with van der Waals surface area (Å²) in [4.78, 5) is 21.0. The minimum absolute atomic E-state index is 0.603. The molecule has 14 rings (SSSR count). The van der Waals surface area contributed by atoms with E-state index in [-0.39, 0.29) is 0 Å². The van der Waals surface area contributed by atoms with Gasteiger partial charge in [-0.1, -0.05) is 183 Å². The molecular weight excluding hydrogens is 989 g/mol. The molecule has 384 valence electrons. The molecule has 81 heavy (non-hydrogen) atoms. The third-order valence-electron chi connectivity index (χ3n) is 15.3. The molecule has 0 amide bonds. The van der Waals surface area contributed by atoms with Gasteiger partial charge < -0.3 is 8.98 Å². The highest BCUT2D eigenvalue weighted by atomic mass is 16.3. The summed E-state index contributed by atoms with van der Waals surface area (Å²) in [6, 6.07) is 72.5. The van der Waals surface area contributed by atoms with Crippen LogP contribution < -0.4 is 0 Å². The number of rotatable bonds is 12. The van der Waals surface area contributed by atoms with E-state index in [4.69, 9.17) is 24.4 Å². The highest BCUT2D eigenvalue weighted by molar-refractivity contribution is 6.16. The fourth-order valence-electron chi connectivity index (χ4n) is 11.6. The van der Waals surface area contributed by atoms with Crippen molar-refractivity contribution < 1.29 is 4.42 Å². The molecule has 5 aromatic heterocycles. The Kier molecular flexibility index (Phi) is 12.1. The molecule has 0 radical (unpaired) electrons. The zero-order valence-electron chi connectivity index (χ0n) is 44.8. The molecule has 14 aromatic rings. The maximum absolute atomic E-state index is 6.62. The van der Waals surface area contributed by atoms with Crippen LogP contribution in [0.25, 0.3) is 150 Å². The van der Waals surface area contributed by atoms with E-state index in [2.05, 4.69) is 199 Å². The van der Waals surface area contributed by atoms with Crippen LogP contribution in [0.3, 0.4) is 0 Å². The van der Waals surface area contributed by atoms with Gasteiger partial charge in [-0.25, -0.2) is 19.9 Å². The first-order valence-electron chi connectivity index (χ1n) is 27.2. The van der Waals surface area contributed by atoms with Crippen molar-refractivity contribution in [3.63, 3.8) is 0 Å². The zero-order chi connectivity index (χ0) is 54.6.